The lowest BCUT2D eigenvalue weighted by atomic mass is 9.84. The van der Waals surface area contributed by atoms with E-state index in [0.717, 1.165) is 0 Å². The summed E-state index contributed by atoms with van der Waals surface area (Å²) < 4.78 is 0. The molecule has 0 bridgehead atoms. The van der Waals surface area contributed by atoms with Gasteiger partial charge in [-0.1, -0.05) is 33.6 Å². The van der Waals surface area contributed by atoms with Gasteiger partial charge in [0.1, 0.15) is 0 Å². The average Bonchev–Trinajstić information content (AvgIpc) is 2.17. The Labute approximate surface area is 89.9 Å². The van der Waals surface area contributed by atoms with Crippen LogP contribution in [-0.2, 0) is 0 Å². The Kier molecular flexibility index (Phi) is 4.94. The normalized spacial score (nSPS) is 19.9. The van der Waals surface area contributed by atoms with Gasteiger partial charge < -0.3 is 4.90 Å². The fourth-order valence-corrected chi connectivity index (χ4v) is 2.45. The Morgan fingerprint density at radius 3 is 2.21 bits per heavy atom. The van der Waals surface area contributed by atoms with Crippen molar-refractivity contribution in [2.24, 2.45) is 5.41 Å². The van der Waals surface area contributed by atoms with E-state index in [2.05, 4.69) is 25.7 Å². The first-order valence-electron chi connectivity index (χ1n) is 6.36. The van der Waals surface area contributed by atoms with E-state index in [1.807, 2.05) is 0 Å². The van der Waals surface area contributed by atoms with Crippen LogP contribution >= 0.6 is 0 Å². The Hall–Kier alpha value is -0.0400. The molecule has 84 valence electrons. The lowest BCUT2D eigenvalue weighted by Gasteiger charge is -2.31. The van der Waals surface area contributed by atoms with Gasteiger partial charge >= 0.3 is 0 Å². The zero-order valence-corrected chi connectivity index (χ0v) is 10.3. The van der Waals surface area contributed by atoms with Gasteiger partial charge in [-0.15, -0.1) is 0 Å². The van der Waals surface area contributed by atoms with Crippen LogP contribution in [0.4, 0.5) is 0 Å². The molecule has 1 heterocycles. The summed E-state index contributed by atoms with van der Waals surface area (Å²) in [5.41, 5.74) is 0.562. The van der Waals surface area contributed by atoms with Crippen molar-refractivity contribution < 1.29 is 0 Å². The monoisotopic (exact) mass is 197 g/mol. The van der Waals surface area contributed by atoms with Crippen LogP contribution in [0, 0.1) is 5.41 Å². The van der Waals surface area contributed by atoms with Gasteiger partial charge in [0.15, 0.2) is 0 Å². The fraction of sp³-hybridized carbons (Fsp3) is 1.00. The van der Waals surface area contributed by atoms with E-state index in [4.69, 9.17) is 0 Å². The smallest absolute Gasteiger partial charge is 0.00136 e. The minimum atomic E-state index is 0.562. The van der Waals surface area contributed by atoms with Crippen LogP contribution < -0.4 is 0 Å². The molecule has 1 fully saturated rings. The number of piperidine rings is 1. The zero-order chi connectivity index (χ0) is 10.4. The third kappa shape index (κ3) is 4.45. The van der Waals surface area contributed by atoms with Crippen molar-refractivity contribution in [2.75, 3.05) is 19.6 Å². The number of rotatable bonds is 5. The van der Waals surface area contributed by atoms with Crippen molar-refractivity contribution in [1.29, 1.82) is 0 Å². The standard InChI is InChI=1S/C13H27N/c1-4-8-13(2,3)9-12-14-10-6-5-7-11-14/h4-12H2,1-3H3. The molecule has 0 aromatic rings. The zero-order valence-electron chi connectivity index (χ0n) is 10.3. The maximum absolute atomic E-state index is 2.65. The summed E-state index contributed by atoms with van der Waals surface area (Å²) in [6, 6.07) is 0. The van der Waals surface area contributed by atoms with Gasteiger partial charge in [-0.3, -0.25) is 0 Å². The van der Waals surface area contributed by atoms with E-state index in [0.29, 0.717) is 5.41 Å². The third-order valence-corrected chi connectivity index (χ3v) is 3.48. The van der Waals surface area contributed by atoms with Gasteiger partial charge in [-0.05, 0) is 50.7 Å². The van der Waals surface area contributed by atoms with Gasteiger partial charge in [0, 0.05) is 0 Å². The van der Waals surface area contributed by atoms with Crippen molar-refractivity contribution in [2.45, 2.75) is 59.3 Å². The van der Waals surface area contributed by atoms with E-state index in [1.54, 1.807) is 0 Å². The van der Waals surface area contributed by atoms with E-state index in [-0.39, 0.29) is 0 Å². The third-order valence-electron chi connectivity index (χ3n) is 3.48. The quantitative estimate of drug-likeness (QED) is 0.650. The minimum Gasteiger partial charge on any atom is -0.303 e. The molecule has 1 aliphatic rings. The SMILES string of the molecule is CCCC(C)(C)CCN1CCCCC1. The van der Waals surface area contributed by atoms with Crippen LogP contribution in [0.25, 0.3) is 0 Å². The molecular formula is C13H27N. The summed E-state index contributed by atoms with van der Waals surface area (Å²) in [7, 11) is 0. The van der Waals surface area contributed by atoms with Crippen LogP contribution in [0.2, 0.25) is 0 Å². The Balaban J connectivity index is 2.17. The first kappa shape index (κ1) is 12.0. The summed E-state index contributed by atoms with van der Waals surface area (Å²) in [6.45, 7) is 11.2. The van der Waals surface area contributed by atoms with Crippen LogP contribution in [-0.4, -0.2) is 24.5 Å². The molecule has 1 nitrogen and oxygen atoms in total. The van der Waals surface area contributed by atoms with Crippen LogP contribution in [0.1, 0.15) is 59.3 Å². The Morgan fingerprint density at radius 1 is 1.00 bits per heavy atom. The van der Waals surface area contributed by atoms with Crippen molar-refractivity contribution in [1.82, 2.24) is 4.90 Å². The van der Waals surface area contributed by atoms with E-state index >= 15 is 0 Å². The van der Waals surface area contributed by atoms with Crippen LogP contribution in [0.15, 0.2) is 0 Å². The highest BCUT2D eigenvalue weighted by Gasteiger charge is 2.18. The molecule has 0 atom stereocenters. The molecule has 1 aliphatic heterocycles. The van der Waals surface area contributed by atoms with E-state index < -0.39 is 0 Å². The molecule has 1 rings (SSSR count). The summed E-state index contributed by atoms with van der Waals surface area (Å²) >= 11 is 0. The lowest BCUT2D eigenvalue weighted by Crippen LogP contribution is -2.32. The molecule has 0 amide bonds. The fourth-order valence-electron chi connectivity index (χ4n) is 2.45. The molecule has 0 radical (unpaired) electrons. The lowest BCUT2D eigenvalue weighted by molar-refractivity contribution is 0.183. The van der Waals surface area contributed by atoms with Gasteiger partial charge in [-0.25, -0.2) is 0 Å². The molecule has 1 saturated heterocycles. The van der Waals surface area contributed by atoms with Crippen molar-refractivity contribution in [3.05, 3.63) is 0 Å². The summed E-state index contributed by atoms with van der Waals surface area (Å²) in [4.78, 5) is 2.65. The van der Waals surface area contributed by atoms with Crippen molar-refractivity contribution in [3.8, 4) is 0 Å². The molecule has 1 heteroatoms. The van der Waals surface area contributed by atoms with Crippen molar-refractivity contribution >= 4 is 0 Å². The Bertz CT molecular complexity index is 145. The second-order valence-corrected chi connectivity index (χ2v) is 5.57. The van der Waals surface area contributed by atoms with E-state index in [1.165, 1.54) is 58.2 Å². The summed E-state index contributed by atoms with van der Waals surface area (Å²) in [6.07, 6.45) is 8.38. The molecule has 14 heavy (non-hydrogen) atoms. The predicted octanol–water partition coefficient (Wildman–Crippen LogP) is 3.69. The summed E-state index contributed by atoms with van der Waals surface area (Å²) in [5.74, 6) is 0. The molecule has 0 N–H and O–H groups in total. The maximum atomic E-state index is 2.65. The van der Waals surface area contributed by atoms with Gasteiger partial charge in [0.2, 0.25) is 0 Å². The number of hydrogen-bond acceptors (Lipinski definition) is 1. The number of nitrogens with zero attached hydrogens (tertiary/aromatic N) is 1. The van der Waals surface area contributed by atoms with Crippen LogP contribution in [0.3, 0.4) is 0 Å². The Morgan fingerprint density at radius 2 is 1.64 bits per heavy atom. The van der Waals surface area contributed by atoms with Gasteiger partial charge in [0.05, 0.1) is 0 Å². The molecule has 0 aliphatic carbocycles. The highest BCUT2D eigenvalue weighted by atomic mass is 15.1. The highest BCUT2D eigenvalue weighted by molar-refractivity contribution is 4.72. The maximum Gasteiger partial charge on any atom is -0.00136 e. The van der Waals surface area contributed by atoms with Crippen molar-refractivity contribution in [3.63, 3.8) is 0 Å². The molecular weight excluding hydrogens is 170 g/mol. The predicted molar refractivity (Wildman–Crippen MR) is 63.6 cm³/mol. The van der Waals surface area contributed by atoms with Gasteiger partial charge in [-0.2, -0.15) is 0 Å². The molecule has 0 unspecified atom stereocenters. The minimum absolute atomic E-state index is 0.562. The topological polar surface area (TPSA) is 3.24 Å². The molecule has 0 saturated carbocycles. The number of hydrogen-bond donors (Lipinski definition) is 0. The summed E-state index contributed by atoms with van der Waals surface area (Å²) in [5, 5.41) is 0. The second-order valence-electron chi connectivity index (χ2n) is 5.57. The largest absolute Gasteiger partial charge is 0.303 e. The average molecular weight is 197 g/mol. The first-order valence-corrected chi connectivity index (χ1v) is 6.36. The van der Waals surface area contributed by atoms with Gasteiger partial charge in [0.25, 0.3) is 0 Å². The molecule has 0 aromatic carbocycles. The number of likely N-dealkylation sites (tertiary alicyclic amines) is 1. The van der Waals surface area contributed by atoms with Crippen LogP contribution in [0.5, 0.6) is 0 Å². The second kappa shape index (κ2) is 5.75. The molecule has 0 aromatic heterocycles. The first-order chi connectivity index (χ1) is 6.64. The highest BCUT2D eigenvalue weighted by Crippen LogP contribution is 2.27. The molecule has 0 spiro atoms. The van der Waals surface area contributed by atoms with E-state index in [9.17, 15) is 0 Å².